The van der Waals surface area contributed by atoms with Gasteiger partial charge in [-0.25, -0.2) is 4.39 Å². The summed E-state index contributed by atoms with van der Waals surface area (Å²) in [6, 6.07) is 4.18. The summed E-state index contributed by atoms with van der Waals surface area (Å²) in [5.74, 6) is 0.0936. The van der Waals surface area contributed by atoms with Gasteiger partial charge in [0.15, 0.2) is 0 Å². The molecule has 0 atom stereocenters. The van der Waals surface area contributed by atoms with Gasteiger partial charge in [-0.1, -0.05) is 18.5 Å². The first-order valence-electron chi connectivity index (χ1n) is 9.79. The monoisotopic (exact) mass is 468 g/mol. The highest BCUT2D eigenvalue weighted by Crippen LogP contribution is 2.36. The summed E-state index contributed by atoms with van der Waals surface area (Å²) < 4.78 is 31.8. The number of rotatable bonds is 4. The van der Waals surface area contributed by atoms with Gasteiger partial charge in [-0.15, -0.1) is 0 Å². The van der Waals surface area contributed by atoms with E-state index in [4.69, 9.17) is 25.8 Å². The third-order valence-corrected chi connectivity index (χ3v) is 6.00. The van der Waals surface area contributed by atoms with Crippen LogP contribution in [-0.2, 0) is 29.5 Å². The van der Waals surface area contributed by atoms with Gasteiger partial charge in [0.1, 0.15) is 11.5 Å². The number of carbonyl (C=O) groups excluding carboxylic acids is 2. The van der Waals surface area contributed by atoms with E-state index in [0.29, 0.717) is 54.8 Å². The van der Waals surface area contributed by atoms with E-state index in [0.717, 1.165) is 12.8 Å². The zero-order valence-corrected chi connectivity index (χ0v) is 18.4. The van der Waals surface area contributed by atoms with Crippen molar-refractivity contribution < 1.29 is 22.4 Å². The Labute approximate surface area is 187 Å². The third-order valence-electron chi connectivity index (χ3n) is 5.71. The number of hydrogen-bond acceptors (Lipinski definition) is 5. The van der Waals surface area contributed by atoms with Gasteiger partial charge in [-0.3, -0.25) is 14.3 Å². The predicted octanol–water partition coefficient (Wildman–Crippen LogP) is 2.55. The van der Waals surface area contributed by atoms with Crippen LogP contribution in [0.25, 0.3) is 11.3 Å². The lowest BCUT2D eigenvalue weighted by molar-refractivity contribution is -0.134. The number of carbonyl (C=O) groups is 2. The molecule has 1 aromatic heterocycles. The number of fused-ring (bicyclic) bond motifs is 1. The van der Waals surface area contributed by atoms with Gasteiger partial charge in [0, 0.05) is 18.5 Å². The Morgan fingerprint density at radius 1 is 1.29 bits per heavy atom. The SMILES string of the molecule is CC1CC(CC(=O)N2CCn3nc(-c4ccc(F)c(Cl)c4)c(C(N)=O)c3C2)C1.O=S=O. The molecule has 1 aliphatic carbocycles. The standard InChI is InChI=1S/C20H22ClFN4O2.O2S/c1-11-6-12(7-11)8-17(27)25-4-5-26-16(10-25)18(20(23)28)19(24-26)13-2-3-15(22)14(21)9-13;1-3-2/h2-3,9,11-12H,4-8,10H2,1H3,(H2,23,28);. The molecule has 1 aromatic carbocycles. The maximum Gasteiger partial charge on any atom is 0.335 e. The Balaban J connectivity index is 0.000000858. The second-order valence-corrected chi connectivity index (χ2v) is 8.46. The molecule has 2 heterocycles. The number of amides is 2. The summed E-state index contributed by atoms with van der Waals surface area (Å²) >= 11 is 5.14. The van der Waals surface area contributed by atoms with Crippen molar-refractivity contribution in [2.45, 2.75) is 39.3 Å². The summed E-state index contributed by atoms with van der Waals surface area (Å²) in [6.45, 7) is 3.51. The topological polar surface area (TPSA) is 115 Å². The summed E-state index contributed by atoms with van der Waals surface area (Å²) in [4.78, 5) is 26.6. The fourth-order valence-corrected chi connectivity index (χ4v) is 4.43. The van der Waals surface area contributed by atoms with Gasteiger partial charge in [-0.05, 0) is 42.9 Å². The van der Waals surface area contributed by atoms with Crippen molar-refractivity contribution in [2.75, 3.05) is 6.54 Å². The summed E-state index contributed by atoms with van der Waals surface area (Å²) in [5.41, 5.74) is 7.39. The Kier molecular flexibility index (Phi) is 7.22. The lowest BCUT2D eigenvalue weighted by atomic mass is 9.74. The molecule has 2 amide bonds. The predicted molar refractivity (Wildman–Crippen MR) is 112 cm³/mol. The van der Waals surface area contributed by atoms with Crippen LogP contribution in [0.1, 0.15) is 42.2 Å². The highest BCUT2D eigenvalue weighted by Gasteiger charge is 2.33. The molecule has 31 heavy (non-hydrogen) atoms. The third kappa shape index (κ3) is 5.01. The molecule has 1 aliphatic heterocycles. The molecule has 0 unspecified atom stereocenters. The summed E-state index contributed by atoms with van der Waals surface area (Å²) in [6.07, 6.45) is 2.74. The first-order valence-corrected chi connectivity index (χ1v) is 10.8. The van der Waals surface area contributed by atoms with Crippen molar-refractivity contribution in [3.8, 4) is 11.3 Å². The zero-order valence-electron chi connectivity index (χ0n) is 16.8. The number of hydrogen-bond donors (Lipinski definition) is 1. The maximum absolute atomic E-state index is 13.5. The minimum atomic E-state index is -0.750. The largest absolute Gasteiger partial charge is 0.365 e. The molecule has 2 aliphatic rings. The lowest BCUT2D eigenvalue weighted by Gasteiger charge is -2.35. The van der Waals surface area contributed by atoms with E-state index in [1.165, 1.54) is 18.2 Å². The van der Waals surface area contributed by atoms with E-state index >= 15 is 0 Å². The Morgan fingerprint density at radius 3 is 2.55 bits per heavy atom. The number of halogens is 2. The molecule has 4 rings (SSSR count). The van der Waals surface area contributed by atoms with E-state index < -0.39 is 23.3 Å². The van der Waals surface area contributed by atoms with Gasteiger partial charge in [-0.2, -0.15) is 13.5 Å². The minimum absolute atomic E-state index is 0.0505. The molecule has 0 saturated heterocycles. The van der Waals surface area contributed by atoms with Crippen molar-refractivity contribution in [3.63, 3.8) is 0 Å². The smallest absolute Gasteiger partial charge is 0.335 e. The number of nitrogens with two attached hydrogens (primary N) is 1. The van der Waals surface area contributed by atoms with Crippen LogP contribution in [0, 0.1) is 17.7 Å². The molecule has 166 valence electrons. The molecule has 1 fully saturated rings. The van der Waals surface area contributed by atoms with Gasteiger partial charge in [0.2, 0.25) is 5.91 Å². The van der Waals surface area contributed by atoms with Crippen LogP contribution in [0.5, 0.6) is 0 Å². The molecular weight excluding hydrogens is 447 g/mol. The average Bonchev–Trinajstić information content (AvgIpc) is 3.08. The highest BCUT2D eigenvalue weighted by atomic mass is 35.5. The first kappa shape index (κ1) is 23.1. The van der Waals surface area contributed by atoms with Crippen molar-refractivity contribution in [2.24, 2.45) is 17.6 Å². The average molecular weight is 469 g/mol. The molecule has 2 N–H and O–H groups in total. The number of primary amides is 1. The van der Waals surface area contributed by atoms with Crippen molar-refractivity contribution in [1.82, 2.24) is 14.7 Å². The first-order chi connectivity index (χ1) is 14.7. The molecule has 0 radical (unpaired) electrons. The zero-order chi connectivity index (χ0) is 22.7. The quantitative estimate of drug-likeness (QED) is 0.740. The van der Waals surface area contributed by atoms with Gasteiger partial charge >= 0.3 is 11.6 Å². The van der Waals surface area contributed by atoms with E-state index in [2.05, 4.69) is 12.0 Å². The summed E-state index contributed by atoms with van der Waals surface area (Å²) in [7, 11) is 0. The molecule has 1 saturated carbocycles. The number of aromatic nitrogens is 2. The second-order valence-electron chi connectivity index (χ2n) is 7.92. The van der Waals surface area contributed by atoms with Gasteiger partial charge in [0.05, 0.1) is 29.4 Å². The van der Waals surface area contributed by atoms with Crippen LogP contribution in [0.4, 0.5) is 4.39 Å². The van der Waals surface area contributed by atoms with E-state index in [1.54, 1.807) is 9.58 Å². The van der Waals surface area contributed by atoms with E-state index in [-0.39, 0.29) is 16.5 Å². The Hall–Kier alpha value is -2.59. The van der Waals surface area contributed by atoms with Crippen LogP contribution in [-0.4, -0.2) is 41.5 Å². The molecule has 0 bridgehead atoms. The van der Waals surface area contributed by atoms with Gasteiger partial charge < -0.3 is 10.6 Å². The number of nitrogens with zero attached hydrogens (tertiary/aromatic N) is 3. The molecule has 2 aromatic rings. The van der Waals surface area contributed by atoms with E-state index in [9.17, 15) is 14.0 Å². The second kappa shape index (κ2) is 9.69. The van der Waals surface area contributed by atoms with Crippen molar-refractivity contribution in [1.29, 1.82) is 0 Å². The van der Waals surface area contributed by atoms with Crippen molar-refractivity contribution in [3.05, 3.63) is 40.3 Å². The minimum Gasteiger partial charge on any atom is -0.365 e. The summed E-state index contributed by atoms with van der Waals surface area (Å²) in [5, 5.41) is 4.45. The fraction of sp³-hybridized carbons (Fsp3) is 0.450. The Morgan fingerprint density at radius 2 is 1.97 bits per heavy atom. The lowest BCUT2D eigenvalue weighted by Crippen LogP contribution is -2.40. The molecule has 0 spiro atoms. The van der Waals surface area contributed by atoms with Crippen LogP contribution in [0.3, 0.4) is 0 Å². The normalized spacial score (nSPS) is 19.5. The van der Waals surface area contributed by atoms with Gasteiger partial charge in [0.25, 0.3) is 5.91 Å². The van der Waals surface area contributed by atoms with Crippen LogP contribution >= 0.6 is 11.6 Å². The molecular formula is C20H22ClFN4O4S. The van der Waals surface area contributed by atoms with Crippen LogP contribution in [0.2, 0.25) is 5.02 Å². The van der Waals surface area contributed by atoms with Crippen LogP contribution < -0.4 is 5.73 Å². The maximum atomic E-state index is 13.5. The Bertz CT molecular complexity index is 1050. The molecule has 11 heteroatoms. The van der Waals surface area contributed by atoms with E-state index in [1.807, 2.05) is 0 Å². The van der Waals surface area contributed by atoms with Crippen molar-refractivity contribution >= 4 is 35.0 Å². The fourth-order valence-electron chi connectivity index (χ4n) is 4.25. The molecule has 8 nitrogen and oxygen atoms in total. The highest BCUT2D eigenvalue weighted by molar-refractivity contribution is 7.51. The van der Waals surface area contributed by atoms with Crippen LogP contribution in [0.15, 0.2) is 18.2 Å². The number of benzene rings is 1.